The van der Waals surface area contributed by atoms with Crippen LogP contribution >= 0.6 is 0 Å². The highest BCUT2D eigenvalue weighted by Gasteiger charge is 2.19. The molecule has 0 radical (unpaired) electrons. The second kappa shape index (κ2) is 7.26. The van der Waals surface area contributed by atoms with Gasteiger partial charge in [-0.2, -0.15) is 0 Å². The number of nitrogens with zero attached hydrogens (tertiary/aromatic N) is 2. The zero-order valence-corrected chi connectivity index (χ0v) is 12.8. The number of carbonyl (C=O) groups excluding carboxylic acids is 1. The Morgan fingerprint density at radius 2 is 2.43 bits per heavy atom. The molecule has 6 heteroatoms. The van der Waals surface area contributed by atoms with Crippen molar-refractivity contribution in [3.8, 4) is 0 Å². The highest BCUT2D eigenvalue weighted by molar-refractivity contribution is 5.97. The van der Waals surface area contributed by atoms with Gasteiger partial charge < -0.3 is 20.7 Å². The van der Waals surface area contributed by atoms with Crippen molar-refractivity contribution in [1.82, 2.24) is 9.88 Å². The number of aromatic nitrogens is 1. The number of pyridine rings is 1. The first kappa shape index (κ1) is 15.6. The topological polar surface area (TPSA) is 80.5 Å². The molecule has 1 fully saturated rings. The van der Waals surface area contributed by atoms with Gasteiger partial charge in [0.25, 0.3) is 0 Å². The molecule has 1 saturated heterocycles. The summed E-state index contributed by atoms with van der Waals surface area (Å²) in [5, 5.41) is 3.27. The van der Waals surface area contributed by atoms with E-state index < -0.39 is 5.97 Å². The average Bonchev–Trinajstić information content (AvgIpc) is 2.46. The van der Waals surface area contributed by atoms with Crippen LogP contribution < -0.4 is 11.1 Å². The maximum Gasteiger partial charge on any atom is 0.340 e. The lowest BCUT2D eigenvalue weighted by atomic mass is 9.98. The van der Waals surface area contributed by atoms with Crippen LogP contribution in [-0.4, -0.2) is 49.1 Å². The first-order chi connectivity index (χ1) is 10.1. The SMILES string of the molecule is CCOC(=O)c1ccnc(NCC2CCCN(C)C2)c1N. The molecule has 1 aliphatic heterocycles. The Kier molecular flexibility index (Phi) is 5.38. The van der Waals surface area contributed by atoms with E-state index in [0.29, 0.717) is 29.6 Å². The number of hydrogen-bond donors (Lipinski definition) is 2. The van der Waals surface area contributed by atoms with E-state index in [-0.39, 0.29) is 0 Å². The zero-order valence-electron chi connectivity index (χ0n) is 12.8. The van der Waals surface area contributed by atoms with Gasteiger partial charge in [-0.1, -0.05) is 0 Å². The number of piperidine rings is 1. The number of likely N-dealkylation sites (tertiary alicyclic amines) is 1. The molecule has 1 aliphatic rings. The van der Waals surface area contributed by atoms with E-state index in [1.807, 2.05) is 0 Å². The monoisotopic (exact) mass is 292 g/mol. The fourth-order valence-corrected chi connectivity index (χ4v) is 2.68. The Morgan fingerprint density at radius 1 is 1.62 bits per heavy atom. The number of ether oxygens (including phenoxy) is 1. The summed E-state index contributed by atoms with van der Waals surface area (Å²) in [6, 6.07) is 1.59. The van der Waals surface area contributed by atoms with Crippen LogP contribution in [-0.2, 0) is 4.74 Å². The summed E-state index contributed by atoms with van der Waals surface area (Å²) in [7, 11) is 2.14. The summed E-state index contributed by atoms with van der Waals surface area (Å²) < 4.78 is 4.99. The molecule has 2 heterocycles. The summed E-state index contributed by atoms with van der Waals surface area (Å²) in [6.07, 6.45) is 4.00. The van der Waals surface area contributed by atoms with Crippen LogP contribution in [0.4, 0.5) is 11.5 Å². The van der Waals surface area contributed by atoms with Crippen molar-refractivity contribution in [2.45, 2.75) is 19.8 Å². The minimum absolute atomic E-state index is 0.331. The van der Waals surface area contributed by atoms with Gasteiger partial charge >= 0.3 is 5.97 Å². The van der Waals surface area contributed by atoms with Crippen molar-refractivity contribution in [3.05, 3.63) is 17.8 Å². The lowest BCUT2D eigenvalue weighted by Gasteiger charge is -2.29. The molecule has 1 aromatic rings. The number of carbonyl (C=O) groups is 1. The predicted octanol–water partition coefficient (Wildman–Crippen LogP) is 1.59. The van der Waals surface area contributed by atoms with Crippen molar-refractivity contribution < 1.29 is 9.53 Å². The van der Waals surface area contributed by atoms with Crippen molar-refractivity contribution in [1.29, 1.82) is 0 Å². The lowest BCUT2D eigenvalue weighted by Crippen LogP contribution is -2.35. The molecular formula is C15H24N4O2. The van der Waals surface area contributed by atoms with E-state index in [4.69, 9.17) is 10.5 Å². The summed E-state index contributed by atoms with van der Waals surface area (Å²) >= 11 is 0. The van der Waals surface area contributed by atoms with Crippen molar-refractivity contribution >= 4 is 17.5 Å². The van der Waals surface area contributed by atoms with E-state index >= 15 is 0 Å². The van der Waals surface area contributed by atoms with Gasteiger partial charge in [0.2, 0.25) is 0 Å². The highest BCUT2D eigenvalue weighted by Crippen LogP contribution is 2.22. The van der Waals surface area contributed by atoms with Crippen molar-refractivity contribution in [2.75, 3.05) is 44.3 Å². The van der Waals surface area contributed by atoms with E-state index in [1.165, 1.54) is 12.8 Å². The molecule has 1 atom stereocenters. The largest absolute Gasteiger partial charge is 0.462 e. The number of nitrogen functional groups attached to an aromatic ring is 1. The van der Waals surface area contributed by atoms with Crippen LogP contribution in [0.3, 0.4) is 0 Å². The second-order valence-corrected chi connectivity index (χ2v) is 5.49. The molecule has 3 N–H and O–H groups in total. The first-order valence-corrected chi connectivity index (χ1v) is 7.45. The maximum atomic E-state index is 11.8. The molecular weight excluding hydrogens is 268 g/mol. The van der Waals surface area contributed by atoms with Crippen LogP contribution in [0.5, 0.6) is 0 Å². The standard InChI is InChI=1S/C15H24N4O2/c1-3-21-15(20)12-6-7-17-14(13(12)16)18-9-11-5-4-8-19(2)10-11/h6-7,11H,3-5,8-10,16H2,1-2H3,(H,17,18). The van der Waals surface area contributed by atoms with Gasteiger partial charge in [-0.25, -0.2) is 9.78 Å². The van der Waals surface area contributed by atoms with Gasteiger partial charge in [0.1, 0.15) is 5.82 Å². The van der Waals surface area contributed by atoms with E-state index in [2.05, 4.69) is 22.2 Å². The third kappa shape index (κ3) is 4.07. The summed E-state index contributed by atoms with van der Waals surface area (Å²) in [5.41, 5.74) is 6.75. The average molecular weight is 292 g/mol. The third-order valence-corrected chi connectivity index (χ3v) is 3.77. The molecule has 1 unspecified atom stereocenters. The molecule has 0 spiro atoms. The van der Waals surface area contributed by atoms with Gasteiger partial charge in [-0.15, -0.1) is 0 Å². The Balaban J connectivity index is 2.00. The number of nitrogens with one attached hydrogen (secondary N) is 1. The first-order valence-electron chi connectivity index (χ1n) is 7.45. The number of nitrogens with two attached hydrogens (primary N) is 1. The smallest absolute Gasteiger partial charge is 0.340 e. The van der Waals surface area contributed by atoms with Crippen LogP contribution in [0, 0.1) is 5.92 Å². The third-order valence-electron chi connectivity index (χ3n) is 3.77. The van der Waals surface area contributed by atoms with E-state index in [9.17, 15) is 4.79 Å². The van der Waals surface area contributed by atoms with Gasteiger partial charge in [-0.3, -0.25) is 0 Å². The highest BCUT2D eigenvalue weighted by atomic mass is 16.5. The molecule has 21 heavy (non-hydrogen) atoms. The summed E-state index contributed by atoms with van der Waals surface area (Å²) in [5.74, 6) is 0.739. The van der Waals surface area contributed by atoms with E-state index in [0.717, 1.165) is 19.6 Å². The Morgan fingerprint density at radius 3 is 3.14 bits per heavy atom. The molecule has 6 nitrogen and oxygen atoms in total. The molecule has 116 valence electrons. The molecule has 0 amide bonds. The second-order valence-electron chi connectivity index (χ2n) is 5.49. The molecule has 0 bridgehead atoms. The molecule has 1 aromatic heterocycles. The van der Waals surface area contributed by atoms with Gasteiger partial charge in [0, 0.05) is 19.3 Å². The molecule has 0 saturated carbocycles. The Labute approximate surface area is 125 Å². The number of rotatable bonds is 5. The minimum atomic E-state index is -0.405. The van der Waals surface area contributed by atoms with Crippen LogP contribution in [0.1, 0.15) is 30.1 Å². The number of esters is 1. The van der Waals surface area contributed by atoms with Gasteiger partial charge in [0.05, 0.1) is 17.9 Å². The normalized spacial score (nSPS) is 19.2. The van der Waals surface area contributed by atoms with Crippen LogP contribution in [0.25, 0.3) is 0 Å². The predicted molar refractivity (Wildman–Crippen MR) is 83.3 cm³/mol. The number of anilines is 2. The Bertz CT molecular complexity index is 493. The quantitative estimate of drug-likeness (QED) is 0.802. The number of hydrogen-bond acceptors (Lipinski definition) is 6. The van der Waals surface area contributed by atoms with Gasteiger partial charge in [-0.05, 0) is 45.3 Å². The summed E-state index contributed by atoms with van der Waals surface area (Å²) in [6.45, 7) is 5.15. The van der Waals surface area contributed by atoms with Crippen LogP contribution in [0.15, 0.2) is 12.3 Å². The van der Waals surface area contributed by atoms with E-state index in [1.54, 1.807) is 19.2 Å². The fourth-order valence-electron chi connectivity index (χ4n) is 2.68. The fraction of sp³-hybridized carbons (Fsp3) is 0.600. The molecule has 0 aliphatic carbocycles. The summed E-state index contributed by atoms with van der Waals surface area (Å²) in [4.78, 5) is 18.4. The zero-order chi connectivity index (χ0) is 15.2. The Hall–Kier alpha value is -1.82. The molecule has 0 aromatic carbocycles. The van der Waals surface area contributed by atoms with Gasteiger partial charge in [0.15, 0.2) is 0 Å². The molecule has 2 rings (SSSR count). The van der Waals surface area contributed by atoms with Crippen LogP contribution in [0.2, 0.25) is 0 Å². The maximum absolute atomic E-state index is 11.8. The van der Waals surface area contributed by atoms with Crippen molar-refractivity contribution in [3.63, 3.8) is 0 Å². The lowest BCUT2D eigenvalue weighted by molar-refractivity contribution is 0.0527. The van der Waals surface area contributed by atoms with Crippen molar-refractivity contribution in [2.24, 2.45) is 5.92 Å². The minimum Gasteiger partial charge on any atom is -0.462 e.